The molecule has 2 rings (SSSR count). The first-order chi connectivity index (χ1) is 8.59. The van der Waals surface area contributed by atoms with Crippen LogP contribution in [0.4, 0.5) is 5.69 Å². The van der Waals surface area contributed by atoms with Gasteiger partial charge in [-0.25, -0.2) is 14.8 Å². The number of nitrogens with one attached hydrogen (secondary N) is 1. The number of carboxylic acid groups (broad SMARTS) is 1. The second-order valence-electron chi connectivity index (χ2n) is 3.55. The Morgan fingerprint density at radius 3 is 2.83 bits per heavy atom. The molecule has 2 heterocycles. The molecule has 7 heteroatoms. The van der Waals surface area contributed by atoms with Crippen molar-refractivity contribution in [3.8, 4) is 0 Å². The summed E-state index contributed by atoms with van der Waals surface area (Å²) in [5, 5.41) is 11.4. The molecule has 2 aromatic heterocycles. The minimum absolute atomic E-state index is 0.149. The van der Waals surface area contributed by atoms with E-state index in [2.05, 4.69) is 15.3 Å². The number of carbonyl (C=O) groups is 2. The van der Waals surface area contributed by atoms with Gasteiger partial charge in [-0.05, 0) is 12.1 Å². The molecule has 0 fully saturated rings. The lowest BCUT2D eigenvalue weighted by molar-refractivity contribution is 0.0692. The first-order valence-corrected chi connectivity index (χ1v) is 5.05. The Hall–Kier alpha value is -2.70. The fourth-order valence-corrected chi connectivity index (χ4v) is 1.44. The lowest BCUT2D eigenvalue weighted by Crippen LogP contribution is -2.18. The number of hydrogen-bond acceptors (Lipinski definition) is 4. The molecule has 0 saturated carbocycles. The third-order valence-electron chi connectivity index (χ3n) is 2.31. The number of anilines is 1. The Kier molecular flexibility index (Phi) is 3.05. The van der Waals surface area contributed by atoms with Gasteiger partial charge in [0, 0.05) is 13.2 Å². The Labute approximate surface area is 102 Å². The van der Waals surface area contributed by atoms with Gasteiger partial charge in [0.05, 0.1) is 18.2 Å². The second-order valence-corrected chi connectivity index (χ2v) is 3.55. The van der Waals surface area contributed by atoms with E-state index in [-0.39, 0.29) is 11.4 Å². The van der Waals surface area contributed by atoms with Gasteiger partial charge in [-0.3, -0.25) is 4.79 Å². The summed E-state index contributed by atoms with van der Waals surface area (Å²) in [6.45, 7) is 0. The maximum Gasteiger partial charge on any atom is 0.356 e. The van der Waals surface area contributed by atoms with Gasteiger partial charge in [-0.15, -0.1) is 0 Å². The van der Waals surface area contributed by atoms with Gasteiger partial charge < -0.3 is 15.0 Å². The third kappa shape index (κ3) is 2.19. The van der Waals surface area contributed by atoms with E-state index in [1.807, 2.05) is 0 Å². The van der Waals surface area contributed by atoms with Crippen LogP contribution >= 0.6 is 0 Å². The number of hydrogen-bond donors (Lipinski definition) is 2. The molecule has 0 bridgehead atoms. The lowest BCUT2D eigenvalue weighted by atomic mass is 10.3. The van der Waals surface area contributed by atoms with Crippen LogP contribution in [0.2, 0.25) is 0 Å². The average molecular weight is 246 g/mol. The molecule has 2 aromatic rings. The standard InChI is InChI=1S/C11H10N4O3/c1-15-6-12-5-8(15)10(16)14-7-3-2-4-13-9(7)11(17)18/h2-6H,1H3,(H,14,16)(H,17,18). The number of carboxylic acids is 1. The summed E-state index contributed by atoms with van der Waals surface area (Å²) in [7, 11) is 1.67. The first-order valence-electron chi connectivity index (χ1n) is 5.05. The molecule has 7 nitrogen and oxygen atoms in total. The van der Waals surface area contributed by atoms with Gasteiger partial charge in [0.2, 0.25) is 0 Å². The fourth-order valence-electron chi connectivity index (χ4n) is 1.44. The summed E-state index contributed by atoms with van der Waals surface area (Å²) < 4.78 is 1.53. The molecule has 0 aliphatic heterocycles. The van der Waals surface area contributed by atoms with Crippen molar-refractivity contribution in [2.75, 3.05) is 5.32 Å². The first kappa shape index (κ1) is 11.8. The van der Waals surface area contributed by atoms with Gasteiger partial charge in [-0.2, -0.15) is 0 Å². The van der Waals surface area contributed by atoms with Crippen molar-refractivity contribution in [3.05, 3.63) is 42.2 Å². The number of imidazole rings is 1. The zero-order valence-electron chi connectivity index (χ0n) is 9.49. The number of aromatic carboxylic acids is 1. The van der Waals surface area contributed by atoms with Gasteiger partial charge in [0.25, 0.3) is 5.91 Å². The van der Waals surface area contributed by atoms with E-state index in [0.717, 1.165) is 0 Å². The van der Waals surface area contributed by atoms with E-state index in [1.165, 1.54) is 29.4 Å². The number of aryl methyl sites for hydroxylation is 1. The lowest BCUT2D eigenvalue weighted by Gasteiger charge is -2.07. The van der Waals surface area contributed by atoms with Gasteiger partial charge in [0.1, 0.15) is 5.69 Å². The smallest absolute Gasteiger partial charge is 0.356 e. The van der Waals surface area contributed by atoms with E-state index >= 15 is 0 Å². The van der Waals surface area contributed by atoms with E-state index in [0.29, 0.717) is 5.69 Å². The molecule has 1 amide bonds. The van der Waals surface area contributed by atoms with Crippen molar-refractivity contribution >= 4 is 17.6 Å². The molecular weight excluding hydrogens is 236 g/mol. The monoisotopic (exact) mass is 246 g/mol. The van der Waals surface area contributed by atoms with Gasteiger partial charge >= 0.3 is 5.97 Å². The van der Waals surface area contributed by atoms with Crippen LogP contribution in [-0.2, 0) is 7.05 Å². The van der Waals surface area contributed by atoms with Crippen LogP contribution < -0.4 is 5.32 Å². The van der Waals surface area contributed by atoms with Gasteiger partial charge in [0.15, 0.2) is 5.69 Å². The SMILES string of the molecule is Cn1cncc1C(=O)Nc1cccnc1C(=O)O. The molecule has 92 valence electrons. The Bertz CT molecular complexity index is 606. The van der Waals surface area contributed by atoms with Crippen LogP contribution in [-0.4, -0.2) is 31.5 Å². The van der Waals surface area contributed by atoms with Crippen molar-refractivity contribution in [2.45, 2.75) is 0 Å². The summed E-state index contributed by atoms with van der Waals surface area (Å²) in [5.41, 5.74) is 0.277. The van der Waals surface area contributed by atoms with Crippen LogP contribution in [0.3, 0.4) is 0 Å². The van der Waals surface area contributed by atoms with Gasteiger partial charge in [-0.1, -0.05) is 0 Å². The minimum Gasteiger partial charge on any atom is -0.476 e. The minimum atomic E-state index is -1.20. The molecular formula is C11H10N4O3. The van der Waals surface area contributed by atoms with Crippen molar-refractivity contribution < 1.29 is 14.7 Å². The fraction of sp³-hybridized carbons (Fsp3) is 0.0909. The molecule has 0 aromatic carbocycles. The molecule has 0 atom stereocenters. The van der Waals surface area contributed by atoms with Crippen LogP contribution in [0.25, 0.3) is 0 Å². The highest BCUT2D eigenvalue weighted by molar-refractivity contribution is 6.06. The largest absolute Gasteiger partial charge is 0.476 e. The maximum absolute atomic E-state index is 11.9. The molecule has 0 radical (unpaired) electrons. The van der Waals surface area contributed by atoms with Crippen molar-refractivity contribution in [1.29, 1.82) is 0 Å². The van der Waals surface area contributed by atoms with Crippen molar-refractivity contribution in [2.24, 2.45) is 7.05 Å². The predicted molar refractivity (Wildman–Crippen MR) is 62.4 cm³/mol. The van der Waals surface area contributed by atoms with Crippen LogP contribution in [0.5, 0.6) is 0 Å². The number of rotatable bonds is 3. The maximum atomic E-state index is 11.9. The number of pyridine rings is 1. The molecule has 0 spiro atoms. The van der Waals surface area contributed by atoms with Crippen molar-refractivity contribution in [1.82, 2.24) is 14.5 Å². The number of aromatic nitrogens is 3. The summed E-state index contributed by atoms with van der Waals surface area (Å²) in [6, 6.07) is 3.02. The number of carbonyl (C=O) groups excluding carboxylic acids is 1. The zero-order valence-corrected chi connectivity index (χ0v) is 9.49. The summed E-state index contributed by atoms with van der Waals surface area (Å²) in [5.74, 6) is -1.64. The molecule has 0 aliphatic rings. The zero-order chi connectivity index (χ0) is 13.1. The third-order valence-corrected chi connectivity index (χ3v) is 2.31. The predicted octanol–water partition coefficient (Wildman–Crippen LogP) is 0.766. The quantitative estimate of drug-likeness (QED) is 0.833. The summed E-state index contributed by atoms with van der Waals surface area (Å²) >= 11 is 0. The molecule has 0 saturated heterocycles. The summed E-state index contributed by atoms with van der Waals surface area (Å²) in [4.78, 5) is 30.3. The summed E-state index contributed by atoms with van der Waals surface area (Å²) in [6.07, 6.45) is 4.23. The van der Waals surface area contributed by atoms with Crippen LogP contribution in [0.15, 0.2) is 30.9 Å². The highest BCUT2D eigenvalue weighted by Gasteiger charge is 2.15. The number of nitrogens with zero attached hydrogens (tertiary/aromatic N) is 3. The average Bonchev–Trinajstić information content (AvgIpc) is 2.76. The van der Waals surface area contributed by atoms with Crippen LogP contribution in [0.1, 0.15) is 21.0 Å². The second kappa shape index (κ2) is 4.66. The Balaban J connectivity index is 2.28. The topological polar surface area (TPSA) is 97.1 Å². The molecule has 2 N–H and O–H groups in total. The van der Waals surface area contributed by atoms with Crippen molar-refractivity contribution in [3.63, 3.8) is 0 Å². The molecule has 0 unspecified atom stereocenters. The van der Waals surface area contributed by atoms with E-state index in [4.69, 9.17) is 5.11 Å². The molecule has 0 aliphatic carbocycles. The normalized spacial score (nSPS) is 10.1. The highest BCUT2D eigenvalue weighted by atomic mass is 16.4. The Morgan fingerprint density at radius 1 is 1.44 bits per heavy atom. The van der Waals surface area contributed by atoms with E-state index in [1.54, 1.807) is 13.1 Å². The van der Waals surface area contributed by atoms with E-state index in [9.17, 15) is 9.59 Å². The van der Waals surface area contributed by atoms with Crippen LogP contribution in [0, 0.1) is 0 Å². The molecule has 18 heavy (non-hydrogen) atoms. The van der Waals surface area contributed by atoms with E-state index < -0.39 is 11.9 Å². The highest BCUT2D eigenvalue weighted by Crippen LogP contribution is 2.13. The number of amides is 1. The Morgan fingerprint density at radius 2 is 2.22 bits per heavy atom.